The Hall–Kier alpha value is -3.34. The van der Waals surface area contributed by atoms with Gasteiger partial charge in [0.25, 0.3) is 11.6 Å². The van der Waals surface area contributed by atoms with Crippen LogP contribution in [0, 0.1) is 16.0 Å². The van der Waals surface area contributed by atoms with Crippen LogP contribution in [0.5, 0.6) is 0 Å². The molecular formula is C31H28Br2N4O4. The van der Waals surface area contributed by atoms with E-state index in [-0.39, 0.29) is 29.1 Å². The highest BCUT2D eigenvalue weighted by molar-refractivity contribution is 9.10. The van der Waals surface area contributed by atoms with Gasteiger partial charge in [-0.25, -0.2) is 5.01 Å². The van der Waals surface area contributed by atoms with E-state index in [1.54, 1.807) is 17.1 Å². The average molecular weight is 680 g/mol. The second-order valence-corrected chi connectivity index (χ2v) is 12.2. The zero-order valence-corrected chi connectivity index (χ0v) is 25.4. The van der Waals surface area contributed by atoms with Gasteiger partial charge in [-0.2, -0.15) is 5.10 Å². The van der Waals surface area contributed by atoms with Crippen LogP contribution in [-0.2, 0) is 4.74 Å². The summed E-state index contributed by atoms with van der Waals surface area (Å²) in [5.74, 6) is -0.322. The first-order valence-electron chi connectivity index (χ1n) is 13.6. The lowest BCUT2D eigenvalue weighted by Crippen LogP contribution is -2.36. The third-order valence-electron chi connectivity index (χ3n) is 7.90. The molecular weight excluding hydrogens is 652 g/mol. The third kappa shape index (κ3) is 5.73. The number of anilines is 1. The molecule has 0 N–H and O–H groups in total. The van der Waals surface area contributed by atoms with E-state index in [0.29, 0.717) is 32.0 Å². The average Bonchev–Trinajstić information content (AvgIpc) is 3.39. The number of nitro groups is 1. The van der Waals surface area contributed by atoms with Gasteiger partial charge in [-0.3, -0.25) is 14.9 Å². The Morgan fingerprint density at radius 3 is 2.37 bits per heavy atom. The van der Waals surface area contributed by atoms with Gasteiger partial charge in [0.1, 0.15) is 5.69 Å². The highest BCUT2D eigenvalue weighted by Gasteiger charge is 2.44. The van der Waals surface area contributed by atoms with Gasteiger partial charge in [0.2, 0.25) is 0 Å². The van der Waals surface area contributed by atoms with Gasteiger partial charge in [-0.05, 0) is 78.4 Å². The van der Waals surface area contributed by atoms with Crippen LogP contribution in [0.1, 0.15) is 46.8 Å². The zero-order chi connectivity index (χ0) is 28.5. The van der Waals surface area contributed by atoms with Crippen molar-refractivity contribution in [2.75, 3.05) is 31.2 Å². The zero-order valence-electron chi connectivity index (χ0n) is 22.2. The Labute approximate surface area is 255 Å². The first kappa shape index (κ1) is 27.8. The summed E-state index contributed by atoms with van der Waals surface area (Å²) in [6, 6.07) is 20.6. The van der Waals surface area contributed by atoms with Gasteiger partial charge in [-0.1, -0.05) is 56.1 Å². The molecule has 3 aromatic carbocycles. The summed E-state index contributed by atoms with van der Waals surface area (Å²) in [7, 11) is 0. The Morgan fingerprint density at radius 2 is 1.68 bits per heavy atom. The number of allylic oxidation sites excluding steroid dienone is 1. The lowest BCUT2D eigenvalue weighted by molar-refractivity contribution is -0.384. The fourth-order valence-corrected chi connectivity index (χ4v) is 6.46. The van der Waals surface area contributed by atoms with Crippen LogP contribution in [0.25, 0.3) is 6.08 Å². The van der Waals surface area contributed by atoms with Gasteiger partial charge in [0.15, 0.2) is 0 Å². The smallest absolute Gasteiger partial charge is 0.293 e. The Balaban J connectivity index is 1.40. The minimum absolute atomic E-state index is 0.0261. The summed E-state index contributed by atoms with van der Waals surface area (Å²) in [4.78, 5) is 27.8. The molecule has 10 heteroatoms. The molecule has 41 heavy (non-hydrogen) atoms. The van der Waals surface area contributed by atoms with E-state index in [4.69, 9.17) is 9.84 Å². The van der Waals surface area contributed by atoms with Crippen LogP contribution in [0.4, 0.5) is 11.4 Å². The predicted molar refractivity (Wildman–Crippen MR) is 166 cm³/mol. The Bertz CT molecular complexity index is 1530. The highest BCUT2D eigenvalue weighted by Crippen LogP contribution is 2.45. The molecule has 1 aliphatic carbocycles. The molecule has 2 heterocycles. The number of hydrogen-bond donors (Lipinski definition) is 0. The maximum atomic E-state index is 14.1. The summed E-state index contributed by atoms with van der Waals surface area (Å²) in [6.45, 7) is 2.15. The van der Waals surface area contributed by atoms with Gasteiger partial charge >= 0.3 is 0 Å². The maximum absolute atomic E-state index is 14.1. The number of carbonyl (C=O) groups excluding carboxylic acids is 1. The first-order valence-corrected chi connectivity index (χ1v) is 15.2. The fraction of sp³-hybridized carbons (Fsp3) is 0.290. The molecule has 2 atom stereocenters. The maximum Gasteiger partial charge on any atom is 0.293 e. The predicted octanol–water partition coefficient (Wildman–Crippen LogP) is 7.39. The number of hydrogen-bond acceptors (Lipinski definition) is 6. The Morgan fingerprint density at radius 1 is 1.00 bits per heavy atom. The minimum atomic E-state index is -0.414. The van der Waals surface area contributed by atoms with Crippen LogP contribution in [0.15, 0.2) is 86.3 Å². The van der Waals surface area contributed by atoms with Crippen LogP contribution < -0.4 is 4.90 Å². The fourth-order valence-electron chi connectivity index (χ4n) is 5.93. The number of ether oxygens (including phenoxy) is 1. The van der Waals surface area contributed by atoms with E-state index in [1.165, 1.54) is 6.07 Å². The summed E-state index contributed by atoms with van der Waals surface area (Å²) in [5, 5.41) is 18.6. The lowest BCUT2D eigenvalue weighted by Gasteiger charge is -2.30. The largest absolute Gasteiger partial charge is 0.378 e. The molecule has 0 spiro atoms. The number of rotatable bonds is 5. The van der Waals surface area contributed by atoms with Crippen LogP contribution >= 0.6 is 31.9 Å². The van der Waals surface area contributed by atoms with E-state index in [9.17, 15) is 14.9 Å². The number of amides is 1. The van der Waals surface area contributed by atoms with Crippen LogP contribution in [-0.4, -0.2) is 47.9 Å². The number of nitro benzene ring substituents is 1. The van der Waals surface area contributed by atoms with Crippen molar-refractivity contribution in [2.24, 2.45) is 11.0 Å². The van der Waals surface area contributed by atoms with Crippen molar-refractivity contribution >= 4 is 60.9 Å². The topological polar surface area (TPSA) is 88.3 Å². The molecule has 0 radical (unpaired) electrons. The summed E-state index contributed by atoms with van der Waals surface area (Å²) in [6.07, 6.45) is 4.92. The second-order valence-electron chi connectivity index (χ2n) is 10.4. The van der Waals surface area contributed by atoms with Crippen molar-refractivity contribution in [3.63, 3.8) is 0 Å². The van der Waals surface area contributed by atoms with E-state index in [0.717, 1.165) is 50.6 Å². The number of fused-ring (bicyclic) bond motifs is 1. The van der Waals surface area contributed by atoms with Crippen LogP contribution in [0.2, 0.25) is 0 Å². The van der Waals surface area contributed by atoms with Gasteiger partial charge in [0.05, 0.1) is 29.9 Å². The van der Waals surface area contributed by atoms with Crippen molar-refractivity contribution < 1.29 is 14.5 Å². The van der Waals surface area contributed by atoms with Crippen LogP contribution in [0.3, 0.4) is 0 Å². The number of hydrazone groups is 1. The molecule has 210 valence electrons. The van der Waals surface area contributed by atoms with E-state index in [1.807, 2.05) is 41.3 Å². The third-order valence-corrected chi connectivity index (χ3v) is 8.96. The molecule has 3 aliphatic rings. The highest BCUT2D eigenvalue weighted by atomic mass is 79.9. The number of benzene rings is 3. The first-order chi connectivity index (χ1) is 19.9. The molecule has 6 rings (SSSR count). The molecule has 1 saturated carbocycles. The molecule has 0 bridgehead atoms. The van der Waals surface area contributed by atoms with Crippen molar-refractivity contribution in [3.8, 4) is 0 Å². The number of morpholine rings is 1. The normalized spacial score (nSPS) is 21.5. The van der Waals surface area contributed by atoms with Crippen molar-refractivity contribution in [1.29, 1.82) is 0 Å². The van der Waals surface area contributed by atoms with E-state index < -0.39 is 4.92 Å². The quantitative estimate of drug-likeness (QED) is 0.207. The molecule has 1 saturated heterocycles. The summed E-state index contributed by atoms with van der Waals surface area (Å²) < 4.78 is 7.38. The van der Waals surface area contributed by atoms with E-state index in [2.05, 4.69) is 50.1 Å². The Kier molecular flexibility index (Phi) is 8.05. The van der Waals surface area contributed by atoms with Crippen molar-refractivity contribution in [1.82, 2.24) is 5.01 Å². The molecule has 3 aromatic rings. The lowest BCUT2D eigenvalue weighted by atomic mass is 9.77. The summed E-state index contributed by atoms with van der Waals surface area (Å²) in [5.41, 5.74) is 4.76. The standard InChI is InChI=1S/C31H28Br2N4O4/c32-24-9-4-20(5-10-24)18-22-2-1-3-26-29(22)34-36(30(26)21-6-11-25(33)12-7-21)31(38)23-8-13-27(28(19-23)37(39)40)35-14-16-41-17-15-35/h4-13,18-19,26,30H,1-3,14-17H2/b22-18-/t26-,30+/m0/s1. The number of nitrogens with zero attached hydrogens (tertiary/aromatic N) is 4. The number of carbonyl (C=O) groups is 1. The second kappa shape index (κ2) is 11.9. The minimum Gasteiger partial charge on any atom is -0.378 e. The van der Waals surface area contributed by atoms with E-state index >= 15 is 0 Å². The molecule has 8 nitrogen and oxygen atoms in total. The molecule has 2 fully saturated rings. The molecule has 0 aromatic heterocycles. The van der Waals surface area contributed by atoms with Gasteiger partial charge in [-0.15, -0.1) is 0 Å². The summed E-state index contributed by atoms with van der Waals surface area (Å²) >= 11 is 7.02. The SMILES string of the molecule is O=C(c1ccc(N2CCOCC2)c([N+](=O)[O-])c1)N1N=C2/C(=C\c3ccc(Br)cc3)CCC[C@@H]2[C@H]1c1ccc(Br)cc1. The number of halogens is 2. The van der Waals surface area contributed by atoms with Gasteiger partial charge in [0, 0.05) is 39.6 Å². The molecule has 1 amide bonds. The monoisotopic (exact) mass is 678 g/mol. The van der Waals surface area contributed by atoms with Gasteiger partial charge < -0.3 is 9.64 Å². The molecule has 2 aliphatic heterocycles. The molecule has 0 unspecified atom stereocenters. The van der Waals surface area contributed by atoms with Crippen molar-refractivity contribution in [3.05, 3.63) is 108 Å². The van der Waals surface area contributed by atoms with Crippen molar-refractivity contribution in [2.45, 2.75) is 25.3 Å².